The maximum atomic E-state index is 12.9. The highest BCUT2D eigenvalue weighted by atomic mass is 35.5. The van der Waals surface area contributed by atoms with Crippen LogP contribution < -0.4 is 9.64 Å². The molecule has 2 amide bonds. The lowest BCUT2D eigenvalue weighted by molar-refractivity contribution is -0.385. The van der Waals surface area contributed by atoms with Crippen LogP contribution in [0.4, 0.5) is 11.4 Å². The number of nitro groups is 1. The second-order valence-corrected chi connectivity index (χ2v) is 10.0. The van der Waals surface area contributed by atoms with Crippen molar-refractivity contribution in [2.75, 3.05) is 11.5 Å². The molecule has 0 saturated heterocycles. The van der Waals surface area contributed by atoms with Crippen LogP contribution in [0.25, 0.3) is 0 Å². The predicted molar refractivity (Wildman–Crippen MR) is 153 cm³/mol. The van der Waals surface area contributed by atoms with E-state index in [-0.39, 0.29) is 60.2 Å². The predicted octanol–water partition coefficient (Wildman–Crippen LogP) is 7.19. The van der Waals surface area contributed by atoms with Gasteiger partial charge in [-0.05, 0) is 60.7 Å². The zero-order chi connectivity index (χ0) is 30.1. The van der Waals surface area contributed by atoms with E-state index < -0.39 is 35.1 Å². The molecule has 1 heterocycles. The number of fused-ring (bicyclic) bond motifs is 1. The second-order valence-electron chi connectivity index (χ2n) is 8.78. The van der Waals surface area contributed by atoms with Gasteiger partial charge in [-0.3, -0.25) is 24.5 Å². The third-order valence-corrected chi connectivity index (χ3v) is 7.16. The van der Waals surface area contributed by atoms with Gasteiger partial charge >= 0.3 is 11.7 Å². The van der Waals surface area contributed by atoms with Crippen molar-refractivity contribution in [3.8, 4) is 11.5 Å². The summed E-state index contributed by atoms with van der Waals surface area (Å²) in [6, 6.07) is 18.0. The van der Waals surface area contributed by atoms with Crippen LogP contribution in [-0.4, -0.2) is 35.1 Å². The zero-order valence-electron chi connectivity index (χ0n) is 21.0. The normalized spacial score (nSPS) is 12.2. The van der Waals surface area contributed by atoms with Crippen molar-refractivity contribution in [3.63, 3.8) is 0 Å². The van der Waals surface area contributed by atoms with E-state index >= 15 is 0 Å². The number of halogens is 3. The van der Waals surface area contributed by atoms with Crippen LogP contribution in [0, 0.1) is 10.1 Å². The lowest BCUT2D eigenvalue weighted by Gasteiger charge is -2.14. The van der Waals surface area contributed by atoms with Gasteiger partial charge in [0, 0.05) is 11.6 Å². The van der Waals surface area contributed by atoms with Gasteiger partial charge in [-0.2, -0.15) is 0 Å². The maximum absolute atomic E-state index is 12.9. The van der Waals surface area contributed by atoms with E-state index in [1.165, 1.54) is 78.9 Å². The van der Waals surface area contributed by atoms with Crippen LogP contribution in [0.1, 0.15) is 41.4 Å². The van der Waals surface area contributed by atoms with Gasteiger partial charge < -0.3 is 9.47 Å². The number of ketones is 1. The van der Waals surface area contributed by atoms with Crippen molar-refractivity contribution >= 4 is 69.7 Å². The van der Waals surface area contributed by atoms with Crippen LogP contribution >= 0.6 is 34.8 Å². The van der Waals surface area contributed by atoms with E-state index in [0.29, 0.717) is 0 Å². The van der Waals surface area contributed by atoms with Gasteiger partial charge in [0.1, 0.15) is 5.75 Å². The number of nitrogens with zero attached hydrogens (tertiary/aromatic N) is 2. The molecule has 0 radical (unpaired) electrons. The standard InChI is InChI=1S/C29H15Cl3N2O8/c30-21-5-2-6-24(34(39)40)26(21)42-18-9-7-15(8-10-18)25(35)14-41-29(38)16-3-1-4-17(11-16)33-27(36)19-12-22(31)23(32)13-20(19)28(33)37/h1-13H,14H2. The lowest BCUT2D eigenvalue weighted by atomic mass is 10.1. The van der Waals surface area contributed by atoms with E-state index in [4.69, 9.17) is 44.3 Å². The Bertz CT molecular complexity index is 1770. The fourth-order valence-corrected chi connectivity index (χ4v) is 4.64. The summed E-state index contributed by atoms with van der Waals surface area (Å²) >= 11 is 18.0. The monoisotopic (exact) mass is 624 g/mol. The summed E-state index contributed by atoms with van der Waals surface area (Å²) in [5.74, 6) is -2.62. The van der Waals surface area contributed by atoms with E-state index in [1.807, 2.05) is 0 Å². The number of carbonyl (C=O) groups excluding carboxylic acids is 4. The molecule has 0 spiro atoms. The van der Waals surface area contributed by atoms with E-state index in [9.17, 15) is 29.3 Å². The number of hydrogen-bond donors (Lipinski definition) is 0. The molecule has 1 aliphatic rings. The molecule has 1 aliphatic heterocycles. The summed E-state index contributed by atoms with van der Waals surface area (Å²) in [5, 5.41) is 11.5. The van der Waals surface area contributed by atoms with Gasteiger partial charge in [0.25, 0.3) is 11.8 Å². The minimum Gasteiger partial charge on any atom is -0.454 e. The molecule has 0 aliphatic carbocycles. The number of ether oxygens (including phenoxy) is 2. The number of nitro benzene ring substituents is 1. The van der Waals surface area contributed by atoms with E-state index in [2.05, 4.69) is 0 Å². The topological polar surface area (TPSA) is 133 Å². The van der Waals surface area contributed by atoms with Gasteiger partial charge in [-0.1, -0.05) is 46.9 Å². The molecule has 10 nitrogen and oxygen atoms in total. The molecule has 210 valence electrons. The summed E-state index contributed by atoms with van der Waals surface area (Å²) in [4.78, 5) is 62.7. The first-order chi connectivity index (χ1) is 20.0. The van der Waals surface area contributed by atoms with Crippen LogP contribution in [0.15, 0.2) is 78.9 Å². The number of carbonyl (C=O) groups is 4. The van der Waals surface area contributed by atoms with Gasteiger partial charge in [0.05, 0.1) is 42.4 Å². The number of imide groups is 1. The number of amides is 2. The SMILES string of the molecule is O=C(COC(=O)c1cccc(N2C(=O)c3cc(Cl)c(Cl)cc3C2=O)c1)c1ccc(Oc2c(Cl)cccc2[N+](=O)[O-])cc1. The van der Waals surface area contributed by atoms with Crippen molar-refractivity contribution in [2.45, 2.75) is 0 Å². The van der Waals surface area contributed by atoms with Gasteiger partial charge in [-0.15, -0.1) is 0 Å². The summed E-state index contributed by atoms with van der Waals surface area (Å²) in [6.45, 7) is -0.608. The molecule has 0 aromatic heterocycles. The molecule has 5 rings (SSSR count). The minimum absolute atomic E-state index is 0.00185. The smallest absolute Gasteiger partial charge is 0.338 e. The van der Waals surface area contributed by atoms with Crippen molar-refractivity contribution in [1.82, 2.24) is 0 Å². The molecule has 0 fully saturated rings. The first kappa shape index (κ1) is 28.7. The minimum atomic E-state index is -0.862. The van der Waals surface area contributed by atoms with Crippen molar-refractivity contribution in [3.05, 3.63) is 126 Å². The first-order valence-corrected chi connectivity index (χ1v) is 13.1. The Kier molecular flexibility index (Phi) is 7.95. The molecule has 0 unspecified atom stereocenters. The van der Waals surface area contributed by atoms with Gasteiger partial charge in [-0.25, -0.2) is 9.69 Å². The molecular formula is C29H15Cl3N2O8. The largest absolute Gasteiger partial charge is 0.454 e. The van der Waals surface area contributed by atoms with Crippen LogP contribution in [-0.2, 0) is 4.74 Å². The Morgan fingerprint density at radius 1 is 0.786 bits per heavy atom. The Morgan fingerprint density at radius 2 is 1.40 bits per heavy atom. The fraction of sp³-hybridized carbons (Fsp3) is 0.0345. The Morgan fingerprint density at radius 3 is 2.02 bits per heavy atom. The third-order valence-electron chi connectivity index (χ3n) is 6.14. The molecule has 42 heavy (non-hydrogen) atoms. The molecule has 0 bridgehead atoms. The van der Waals surface area contributed by atoms with Crippen molar-refractivity contribution in [2.24, 2.45) is 0 Å². The fourth-order valence-electron chi connectivity index (χ4n) is 4.11. The molecule has 0 saturated carbocycles. The van der Waals surface area contributed by atoms with Gasteiger partial charge in [0.2, 0.25) is 5.75 Å². The van der Waals surface area contributed by atoms with E-state index in [0.717, 1.165) is 4.90 Å². The summed E-state index contributed by atoms with van der Waals surface area (Å²) in [5.41, 5.74) is 0.127. The maximum Gasteiger partial charge on any atom is 0.338 e. The summed E-state index contributed by atoms with van der Waals surface area (Å²) in [6.07, 6.45) is 0. The molecule has 0 atom stereocenters. The molecule has 4 aromatic rings. The number of para-hydroxylation sites is 1. The highest BCUT2D eigenvalue weighted by molar-refractivity contribution is 6.44. The highest BCUT2D eigenvalue weighted by Crippen LogP contribution is 2.38. The molecular weight excluding hydrogens is 611 g/mol. The second kappa shape index (κ2) is 11.6. The zero-order valence-corrected chi connectivity index (χ0v) is 23.3. The van der Waals surface area contributed by atoms with Crippen molar-refractivity contribution < 1.29 is 33.6 Å². The Hall–Kier alpha value is -4.77. The Labute approximate surface area is 252 Å². The number of Topliss-reactive ketones (excluding diaryl/α,β-unsaturated/α-hetero) is 1. The quantitative estimate of drug-likeness (QED) is 0.0661. The molecule has 4 aromatic carbocycles. The molecule has 0 N–H and O–H groups in total. The Balaban J connectivity index is 1.24. The molecule has 13 heteroatoms. The first-order valence-electron chi connectivity index (χ1n) is 11.9. The van der Waals surface area contributed by atoms with Gasteiger partial charge in [0.15, 0.2) is 12.4 Å². The van der Waals surface area contributed by atoms with E-state index in [1.54, 1.807) is 0 Å². The number of benzene rings is 4. The summed E-state index contributed by atoms with van der Waals surface area (Å²) in [7, 11) is 0. The summed E-state index contributed by atoms with van der Waals surface area (Å²) < 4.78 is 10.7. The average Bonchev–Trinajstić information content (AvgIpc) is 3.21. The third kappa shape index (κ3) is 5.55. The number of rotatable bonds is 8. The highest BCUT2D eigenvalue weighted by Gasteiger charge is 2.37. The van der Waals surface area contributed by atoms with Crippen LogP contribution in [0.3, 0.4) is 0 Å². The average molecular weight is 626 g/mol. The number of anilines is 1. The number of esters is 1. The number of hydrogen-bond acceptors (Lipinski definition) is 8. The van der Waals surface area contributed by atoms with Crippen LogP contribution in [0.5, 0.6) is 11.5 Å². The van der Waals surface area contributed by atoms with Crippen molar-refractivity contribution in [1.29, 1.82) is 0 Å². The van der Waals surface area contributed by atoms with Crippen LogP contribution in [0.2, 0.25) is 15.1 Å². The lowest BCUT2D eigenvalue weighted by Crippen LogP contribution is -2.29.